The van der Waals surface area contributed by atoms with E-state index in [4.69, 9.17) is 4.74 Å². The number of hydrogen-bond donors (Lipinski definition) is 3. The largest absolute Gasteiger partial charge is 0.444 e. The normalized spacial score (nSPS) is 12.9. The number of urea groups is 1. The highest BCUT2D eigenvalue weighted by atomic mass is 32.1. The number of aliphatic hydroxyl groups excluding tert-OH is 1. The second kappa shape index (κ2) is 18.0. The molecule has 4 rings (SSSR count). The molecule has 3 N–H and O–H groups in total. The zero-order valence-corrected chi connectivity index (χ0v) is 26.8. The Balaban J connectivity index is 1.40. The number of nitrogens with zero attached hydrogens (tertiary/aromatic N) is 3. The highest BCUT2D eigenvalue weighted by Crippen LogP contribution is 2.22. The maximum Gasteiger partial charge on any atom is 0.407 e. The lowest BCUT2D eigenvalue weighted by Gasteiger charge is -2.25. The molecule has 0 saturated heterocycles. The third-order valence-corrected chi connectivity index (χ3v) is 8.87. The maximum absolute atomic E-state index is 13.5. The van der Waals surface area contributed by atoms with Gasteiger partial charge in [0.25, 0.3) is 0 Å². The monoisotopic (exact) mass is 649 g/mol. The Labute approximate surface area is 271 Å². The molecule has 10 nitrogen and oxygen atoms in total. The first kappa shape index (κ1) is 33.8. The highest BCUT2D eigenvalue weighted by molar-refractivity contribution is 7.09. The van der Waals surface area contributed by atoms with Crippen LogP contribution in [-0.2, 0) is 35.5 Å². The number of carbonyl (C=O) groups is 3. The van der Waals surface area contributed by atoms with Gasteiger partial charge in [-0.25, -0.2) is 9.59 Å². The summed E-state index contributed by atoms with van der Waals surface area (Å²) in [5, 5.41) is 15.8. The number of nitrogens with one attached hydrogen (secondary N) is 2. The molecule has 0 aliphatic rings. The fourth-order valence-electron chi connectivity index (χ4n) is 4.98. The fraction of sp³-hybridized carbons (Fsp3) is 0.364. The molecule has 238 valence electrons. The molecule has 0 radical (unpaired) electrons. The molecule has 0 saturated carbocycles. The van der Waals surface area contributed by atoms with Crippen molar-refractivity contribution in [3.05, 3.63) is 105 Å². The van der Waals surface area contributed by atoms with Crippen LogP contribution < -0.4 is 10.6 Å². The molecule has 3 atom stereocenters. The third kappa shape index (κ3) is 11.7. The van der Waals surface area contributed by atoms with Crippen molar-refractivity contribution in [2.75, 3.05) is 13.7 Å². The number of aliphatic hydroxyl groups is 1. The molecule has 3 amide bonds. The molecule has 12 heteroatoms. The van der Waals surface area contributed by atoms with Crippen molar-refractivity contribution in [2.45, 2.75) is 57.3 Å². The molecule has 3 unspecified atom stereocenters. The number of hydrogen-bond acceptors (Lipinski definition) is 9. The van der Waals surface area contributed by atoms with E-state index >= 15 is 0 Å². The van der Waals surface area contributed by atoms with E-state index in [1.807, 2.05) is 60.7 Å². The minimum atomic E-state index is -1.03. The van der Waals surface area contributed by atoms with Crippen molar-refractivity contribution in [2.24, 2.45) is 5.92 Å². The second-order valence-electron chi connectivity index (χ2n) is 10.9. The van der Waals surface area contributed by atoms with Gasteiger partial charge >= 0.3 is 12.1 Å². The number of benzene rings is 2. The van der Waals surface area contributed by atoms with Gasteiger partial charge in [-0.3, -0.25) is 14.8 Å². The Hall–Kier alpha value is -4.13. The summed E-state index contributed by atoms with van der Waals surface area (Å²) in [5.74, 6) is -0.330. The zero-order valence-electron chi connectivity index (χ0n) is 25.2. The molecule has 0 aliphatic carbocycles. The summed E-state index contributed by atoms with van der Waals surface area (Å²) in [5.41, 5.74) is 5.54. The minimum absolute atomic E-state index is 0.0888. The number of aromatic nitrogens is 2. The number of carbonyl (C=O) groups excluding carboxylic acids is 3. The number of ether oxygens (including phenoxy) is 1. The van der Waals surface area contributed by atoms with Crippen molar-refractivity contribution in [3.8, 4) is 0 Å². The van der Waals surface area contributed by atoms with Gasteiger partial charge in [-0.2, -0.15) is 0 Å². The van der Waals surface area contributed by atoms with E-state index in [0.29, 0.717) is 32.2 Å². The quantitative estimate of drug-likeness (QED) is 0.143. The minimum Gasteiger partial charge on any atom is -0.444 e. The predicted octanol–water partition coefficient (Wildman–Crippen LogP) is 5.24. The summed E-state index contributed by atoms with van der Waals surface area (Å²) in [6.07, 6.45) is 5.48. The van der Waals surface area contributed by atoms with Crippen LogP contribution in [0, 0.1) is 5.92 Å². The number of thiazole rings is 2. The van der Waals surface area contributed by atoms with Crippen LogP contribution in [0.3, 0.4) is 0 Å². The average Bonchev–Trinajstić information content (AvgIpc) is 3.77. The van der Waals surface area contributed by atoms with Gasteiger partial charge in [-0.1, -0.05) is 60.7 Å². The van der Waals surface area contributed by atoms with Crippen molar-refractivity contribution >= 4 is 40.6 Å². The Bertz CT molecular complexity index is 1440. The Kier molecular flexibility index (Phi) is 13.5. The summed E-state index contributed by atoms with van der Waals surface area (Å²) < 4.78 is 5.45. The van der Waals surface area contributed by atoms with Crippen LogP contribution in [-0.4, -0.2) is 63.6 Å². The zero-order chi connectivity index (χ0) is 31.9. The van der Waals surface area contributed by atoms with Gasteiger partial charge < -0.3 is 25.4 Å². The molecule has 0 spiro atoms. The summed E-state index contributed by atoms with van der Waals surface area (Å²) in [4.78, 5) is 50.3. The van der Waals surface area contributed by atoms with Crippen molar-refractivity contribution in [1.29, 1.82) is 0 Å². The van der Waals surface area contributed by atoms with Gasteiger partial charge in [0.2, 0.25) is 0 Å². The van der Waals surface area contributed by atoms with E-state index in [1.165, 1.54) is 27.6 Å². The predicted molar refractivity (Wildman–Crippen MR) is 175 cm³/mol. The van der Waals surface area contributed by atoms with Gasteiger partial charge in [-0.05, 0) is 42.7 Å². The van der Waals surface area contributed by atoms with E-state index in [2.05, 4.69) is 20.6 Å². The van der Waals surface area contributed by atoms with E-state index in [-0.39, 0.29) is 30.8 Å². The molecular weight excluding hydrogens is 611 g/mol. The lowest BCUT2D eigenvalue weighted by Crippen LogP contribution is -2.48. The van der Waals surface area contributed by atoms with Gasteiger partial charge in [0, 0.05) is 36.8 Å². The number of alkyl carbamates (subject to hydrolysis) is 1. The van der Waals surface area contributed by atoms with Crippen LogP contribution in [0.1, 0.15) is 40.1 Å². The summed E-state index contributed by atoms with van der Waals surface area (Å²) >= 11 is 2.86. The highest BCUT2D eigenvalue weighted by Gasteiger charge is 2.26. The van der Waals surface area contributed by atoms with E-state index in [9.17, 15) is 19.5 Å². The van der Waals surface area contributed by atoms with E-state index in [0.717, 1.165) is 20.9 Å². The smallest absolute Gasteiger partial charge is 0.407 e. The second-order valence-corrected chi connectivity index (χ2v) is 12.8. The van der Waals surface area contributed by atoms with Gasteiger partial charge in [0.05, 0.1) is 29.0 Å². The van der Waals surface area contributed by atoms with Gasteiger partial charge in [0.15, 0.2) is 5.78 Å². The first-order valence-corrected chi connectivity index (χ1v) is 16.6. The number of Topliss-reactive ketones (excluding diaryl/α,β-unsaturated/α-hetero) is 1. The molecule has 2 aromatic heterocycles. The molecule has 2 aromatic carbocycles. The standard InChI is InChI=1S/C33H39N5O5S2/c1-38(19-28-17-34-22-44-28)32(41)37-30(20-39)31(40)16-26(14-24-8-4-2-5-9-24)12-13-27(15-25-10-6-3-7-11-25)36-33(42)43-21-29-18-35-23-45-29/h2-11,17-18,22-23,26-27,30,39H,12-16,19-21H2,1H3,(H,36,42)(H,37,41). The van der Waals surface area contributed by atoms with Crippen LogP contribution in [0.4, 0.5) is 9.59 Å². The van der Waals surface area contributed by atoms with Crippen LogP contribution in [0.5, 0.6) is 0 Å². The Morgan fingerprint density at radius 2 is 1.49 bits per heavy atom. The lowest BCUT2D eigenvalue weighted by molar-refractivity contribution is -0.122. The van der Waals surface area contributed by atoms with E-state index in [1.54, 1.807) is 30.5 Å². The number of ketones is 1. The molecule has 2 heterocycles. The molecule has 45 heavy (non-hydrogen) atoms. The van der Waals surface area contributed by atoms with Crippen LogP contribution in [0.15, 0.2) is 84.1 Å². The topological polar surface area (TPSA) is 134 Å². The lowest BCUT2D eigenvalue weighted by atomic mass is 9.86. The summed E-state index contributed by atoms with van der Waals surface area (Å²) in [6, 6.07) is 18.1. The van der Waals surface area contributed by atoms with Crippen LogP contribution >= 0.6 is 22.7 Å². The van der Waals surface area contributed by atoms with Gasteiger partial charge in [0.1, 0.15) is 12.6 Å². The molecular formula is C33H39N5O5S2. The van der Waals surface area contributed by atoms with Crippen LogP contribution in [0.2, 0.25) is 0 Å². The summed E-state index contributed by atoms with van der Waals surface area (Å²) in [7, 11) is 1.63. The Morgan fingerprint density at radius 1 is 0.867 bits per heavy atom. The summed E-state index contributed by atoms with van der Waals surface area (Å²) in [6.45, 7) is -0.00387. The van der Waals surface area contributed by atoms with Crippen molar-refractivity contribution < 1.29 is 24.2 Å². The average molecular weight is 650 g/mol. The third-order valence-electron chi connectivity index (χ3n) is 7.35. The first-order chi connectivity index (χ1) is 21.9. The molecule has 0 fully saturated rings. The maximum atomic E-state index is 13.5. The SMILES string of the molecule is CN(Cc1cncs1)C(=O)NC(CO)C(=O)CC(CCC(Cc1ccccc1)NC(=O)OCc1cncs1)Cc1ccccc1. The first-order valence-electron chi connectivity index (χ1n) is 14.8. The van der Waals surface area contributed by atoms with E-state index < -0.39 is 24.8 Å². The fourth-order valence-corrected chi connectivity index (χ4v) is 6.14. The number of rotatable bonds is 17. The Morgan fingerprint density at radius 3 is 2.09 bits per heavy atom. The number of amides is 3. The van der Waals surface area contributed by atoms with Crippen LogP contribution in [0.25, 0.3) is 0 Å². The molecule has 0 bridgehead atoms. The van der Waals surface area contributed by atoms with Gasteiger partial charge in [-0.15, -0.1) is 22.7 Å². The molecule has 4 aromatic rings. The van der Waals surface area contributed by atoms with Crippen molar-refractivity contribution in [1.82, 2.24) is 25.5 Å². The van der Waals surface area contributed by atoms with Crippen molar-refractivity contribution in [3.63, 3.8) is 0 Å². The molecule has 0 aliphatic heterocycles.